The van der Waals surface area contributed by atoms with Crippen LogP contribution in [0.3, 0.4) is 0 Å². The zero-order chi connectivity index (χ0) is 16.2. The molecule has 2 aromatic rings. The summed E-state index contributed by atoms with van der Waals surface area (Å²) in [7, 11) is 0. The lowest BCUT2D eigenvalue weighted by Crippen LogP contribution is -2.41. The number of hydrazine groups is 1. The number of carbonyl (C=O) groups excluding carboxylic acids is 2. The van der Waals surface area contributed by atoms with E-state index in [-0.39, 0.29) is 11.7 Å². The standard InChI is InChI=1S/C16H19N3O3S/c1-10-8-12(22-19-10)15(20)17-18-16(21)14-9-11-6-4-2-3-5-7-13(11)23-14/h8-9H,2-7H2,1H3,(H,17,20)(H,18,21). The summed E-state index contributed by atoms with van der Waals surface area (Å²) in [6.45, 7) is 1.72. The van der Waals surface area contributed by atoms with Crippen molar-refractivity contribution in [3.05, 3.63) is 38.9 Å². The molecule has 0 aromatic carbocycles. The second-order valence-electron chi connectivity index (χ2n) is 5.71. The quantitative estimate of drug-likeness (QED) is 0.828. The van der Waals surface area contributed by atoms with Crippen molar-refractivity contribution >= 4 is 23.2 Å². The summed E-state index contributed by atoms with van der Waals surface area (Å²) in [5, 5.41) is 3.64. The second-order valence-corrected chi connectivity index (χ2v) is 6.85. The molecule has 0 spiro atoms. The van der Waals surface area contributed by atoms with E-state index in [1.54, 1.807) is 6.92 Å². The Morgan fingerprint density at radius 2 is 1.83 bits per heavy atom. The molecular formula is C16H19N3O3S. The number of aromatic nitrogens is 1. The minimum Gasteiger partial charge on any atom is -0.351 e. The number of thiophene rings is 1. The zero-order valence-electron chi connectivity index (χ0n) is 13.0. The SMILES string of the molecule is Cc1cc(C(=O)NNC(=O)c2cc3c(s2)CCCCCC3)on1. The summed E-state index contributed by atoms with van der Waals surface area (Å²) < 4.78 is 4.85. The van der Waals surface area contributed by atoms with Crippen molar-refractivity contribution in [1.82, 2.24) is 16.0 Å². The van der Waals surface area contributed by atoms with Crippen LogP contribution in [0.5, 0.6) is 0 Å². The van der Waals surface area contributed by atoms with Gasteiger partial charge in [-0.3, -0.25) is 20.4 Å². The number of nitrogens with one attached hydrogen (secondary N) is 2. The van der Waals surface area contributed by atoms with Gasteiger partial charge in [0, 0.05) is 10.9 Å². The van der Waals surface area contributed by atoms with Crippen molar-refractivity contribution < 1.29 is 14.1 Å². The summed E-state index contributed by atoms with van der Waals surface area (Å²) in [5.74, 6) is -0.749. The number of fused-ring (bicyclic) bond motifs is 1. The molecule has 2 aromatic heterocycles. The Balaban J connectivity index is 1.62. The molecule has 23 heavy (non-hydrogen) atoms. The van der Waals surface area contributed by atoms with Gasteiger partial charge in [-0.05, 0) is 44.2 Å². The first-order valence-electron chi connectivity index (χ1n) is 7.79. The number of nitrogens with zero attached hydrogens (tertiary/aromatic N) is 1. The van der Waals surface area contributed by atoms with Crippen LogP contribution < -0.4 is 10.9 Å². The summed E-state index contributed by atoms with van der Waals surface area (Å²) in [6, 6.07) is 3.46. The molecule has 7 heteroatoms. The van der Waals surface area contributed by atoms with Gasteiger partial charge < -0.3 is 4.52 Å². The lowest BCUT2D eigenvalue weighted by atomic mass is 10.00. The molecule has 3 rings (SSSR count). The third kappa shape index (κ3) is 3.79. The second kappa shape index (κ2) is 6.95. The van der Waals surface area contributed by atoms with E-state index in [0.717, 1.165) is 12.8 Å². The average molecular weight is 333 g/mol. The predicted molar refractivity (Wildman–Crippen MR) is 86.4 cm³/mol. The van der Waals surface area contributed by atoms with Crippen LogP contribution in [0.4, 0.5) is 0 Å². The Labute approximate surface area is 138 Å². The molecule has 0 fully saturated rings. The lowest BCUT2D eigenvalue weighted by Gasteiger charge is -2.07. The number of amides is 2. The fourth-order valence-corrected chi connectivity index (χ4v) is 3.81. The molecule has 1 aliphatic rings. The van der Waals surface area contributed by atoms with Gasteiger partial charge in [-0.2, -0.15) is 0 Å². The predicted octanol–water partition coefficient (Wildman–Crippen LogP) is 2.78. The molecule has 0 saturated carbocycles. The van der Waals surface area contributed by atoms with Crippen LogP contribution in [0.25, 0.3) is 0 Å². The van der Waals surface area contributed by atoms with Crippen LogP contribution in [0.15, 0.2) is 16.7 Å². The molecule has 0 saturated heterocycles. The summed E-state index contributed by atoms with van der Waals surface area (Å²) in [6.07, 6.45) is 6.93. The van der Waals surface area contributed by atoms with E-state index < -0.39 is 5.91 Å². The number of hydrogen-bond acceptors (Lipinski definition) is 5. The summed E-state index contributed by atoms with van der Waals surface area (Å²) in [5.41, 5.74) is 6.67. The first-order chi connectivity index (χ1) is 11.1. The van der Waals surface area contributed by atoms with Crippen molar-refractivity contribution in [3.63, 3.8) is 0 Å². The van der Waals surface area contributed by atoms with Crippen LogP contribution in [-0.2, 0) is 12.8 Å². The van der Waals surface area contributed by atoms with E-state index in [1.807, 2.05) is 6.07 Å². The molecule has 0 radical (unpaired) electrons. The molecule has 122 valence electrons. The van der Waals surface area contributed by atoms with E-state index in [4.69, 9.17) is 4.52 Å². The largest absolute Gasteiger partial charge is 0.351 e. The molecule has 0 atom stereocenters. The van der Waals surface area contributed by atoms with Crippen LogP contribution in [0.1, 0.15) is 62.0 Å². The topological polar surface area (TPSA) is 84.2 Å². The van der Waals surface area contributed by atoms with E-state index >= 15 is 0 Å². The summed E-state index contributed by atoms with van der Waals surface area (Å²) >= 11 is 1.52. The van der Waals surface area contributed by atoms with Crippen molar-refractivity contribution in [1.29, 1.82) is 0 Å². The van der Waals surface area contributed by atoms with Crippen LogP contribution in [-0.4, -0.2) is 17.0 Å². The minimum atomic E-state index is -0.520. The van der Waals surface area contributed by atoms with Crippen molar-refractivity contribution in [3.8, 4) is 0 Å². The fraction of sp³-hybridized carbons (Fsp3) is 0.438. The van der Waals surface area contributed by atoms with Crippen molar-refractivity contribution in [2.75, 3.05) is 0 Å². The number of carbonyl (C=O) groups is 2. The van der Waals surface area contributed by atoms with Gasteiger partial charge in [0.1, 0.15) is 0 Å². The molecule has 2 amide bonds. The Kier molecular flexibility index (Phi) is 4.76. The molecule has 2 heterocycles. The molecule has 6 nitrogen and oxygen atoms in total. The van der Waals surface area contributed by atoms with Crippen LogP contribution >= 0.6 is 11.3 Å². The monoisotopic (exact) mass is 333 g/mol. The molecule has 0 bridgehead atoms. The Morgan fingerprint density at radius 1 is 1.09 bits per heavy atom. The highest BCUT2D eigenvalue weighted by Gasteiger charge is 2.17. The first-order valence-corrected chi connectivity index (χ1v) is 8.61. The van der Waals surface area contributed by atoms with Crippen LogP contribution in [0, 0.1) is 6.92 Å². The molecule has 0 aliphatic heterocycles. The normalized spacial score (nSPS) is 14.5. The lowest BCUT2D eigenvalue weighted by molar-refractivity contribution is 0.0827. The number of hydrogen-bond donors (Lipinski definition) is 2. The molecular weight excluding hydrogens is 314 g/mol. The van der Waals surface area contributed by atoms with Gasteiger partial charge in [-0.15, -0.1) is 11.3 Å². The van der Waals surface area contributed by atoms with E-state index in [9.17, 15) is 9.59 Å². The maximum absolute atomic E-state index is 12.2. The van der Waals surface area contributed by atoms with Crippen molar-refractivity contribution in [2.24, 2.45) is 0 Å². The first kappa shape index (κ1) is 15.7. The molecule has 0 unspecified atom stereocenters. The van der Waals surface area contributed by atoms with Crippen LogP contribution in [0.2, 0.25) is 0 Å². The number of aryl methyl sites for hydroxylation is 3. The Morgan fingerprint density at radius 3 is 2.57 bits per heavy atom. The Hall–Kier alpha value is -2.15. The van der Waals surface area contributed by atoms with Gasteiger partial charge in [-0.25, -0.2) is 0 Å². The fourth-order valence-electron chi connectivity index (χ4n) is 2.66. The zero-order valence-corrected chi connectivity index (χ0v) is 13.8. The average Bonchev–Trinajstić information content (AvgIpc) is 3.11. The van der Waals surface area contributed by atoms with Gasteiger partial charge in [0.15, 0.2) is 0 Å². The van der Waals surface area contributed by atoms with E-state index in [0.29, 0.717) is 10.6 Å². The minimum absolute atomic E-state index is 0.0706. The van der Waals surface area contributed by atoms with Gasteiger partial charge in [0.2, 0.25) is 5.76 Å². The highest BCUT2D eigenvalue weighted by molar-refractivity contribution is 7.14. The van der Waals surface area contributed by atoms with Gasteiger partial charge in [0.05, 0.1) is 10.6 Å². The summed E-state index contributed by atoms with van der Waals surface area (Å²) in [4.78, 5) is 26.0. The smallest absolute Gasteiger partial charge is 0.308 e. The van der Waals surface area contributed by atoms with Gasteiger partial charge in [0.25, 0.3) is 5.91 Å². The molecule has 2 N–H and O–H groups in total. The van der Waals surface area contributed by atoms with Gasteiger partial charge >= 0.3 is 5.91 Å². The third-order valence-corrected chi connectivity index (χ3v) is 5.10. The highest BCUT2D eigenvalue weighted by Crippen LogP contribution is 2.28. The van der Waals surface area contributed by atoms with E-state index in [1.165, 1.54) is 53.5 Å². The highest BCUT2D eigenvalue weighted by atomic mass is 32.1. The van der Waals surface area contributed by atoms with Crippen molar-refractivity contribution in [2.45, 2.75) is 45.4 Å². The maximum atomic E-state index is 12.2. The van der Waals surface area contributed by atoms with E-state index in [2.05, 4.69) is 16.0 Å². The van der Waals surface area contributed by atoms with Gasteiger partial charge in [-0.1, -0.05) is 18.0 Å². The number of rotatable bonds is 2. The Bertz CT molecular complexity index is 694. The third-order valence-electron chi connectivity index (χ3n) is 3.86. The molecule has 1 aliphatic carbocycles. The maximum Gasteiger partial charge on any atom is 0.308 e.